The maximum Gasteiger partial charge on any atom is 0.255 e. The molecule has 0 aromatic carbocycles. The molecule has 0 aliphatic heterocycles. The van der Waals surface area contributed by atoms with Crippen molar-refractivity contribution in [1.82, 2.24) is 14.9 Å². The highest BCUT2D eigenvalue weighted by atomic mass is 16.2. The van der Waals surface area contributed by atoms with Crippen molar-refractivity contribution >= 4 is 5.91 Å². The van der Waals surface area contributed by atoms with Crippen LogP contribution >= 0.6 is 0 Å². The molecule has 0 spiro atoms. The van der Waals surface area contributed by atoms with Gasteiger partial charge in [0.2, 0.25) is 0 Å². The highest BCUT2D eigenvalue weighted by Gasteiger charge is 2.12. The number of nitrogens with zero attached hydrogens (tertiary/aromatic N) is 3. The van der Waals surface area contributed by atoms with E-state index in [0.29, 0.717) is 12.1 Å². The normalized spacial score (nSPS) is 10.1. The number of hydrogen-bond donors (Lipinski definition) is 0. The van der Waals surface area contributed by atoms with Crippen LogP contribution in [0, 0.1) is 6.92 Å². The quantitative estimate of drug-likeness (QED) is 0.826. The monoisotopic (exact) mass is 241 g/mol. The van der Waals surface area contributed by atoms with E-state index >= 15 is 0 Å². The molecule has 0 N–H and O–H groups in total. The van der Waals surface area contributed by atoms with Crippen molar-refractivity contribution in [2.24, 2.45) is 0 Å². The van der Waals surface area contributed by atoms with Crippen LogP contribution in [0.2, 0.25) is 0 Å². The van der Waals surface area contributed by atoms with Crippen LogP contribution in [0.25, 0.3) is 0 Å². The largest absolute Gasteiger partial charge is 0.337 e. The number of rotatable bonds is 3. The SMILES string of the molecule is Cc1cncc(C(=O)N(C)Cc2ccncc2)c1. The van der Waals surface area contributed by atoms with E-state index in [1.54, 1.807) is 36.7 Å². The minimum atomic E-state index is -0.0250. The van der Waals surface area contributed by atoms with Gasteiger partial charge in [0, 0.05) is 38.4 Å². The van der Waals surface area contributed by atoms with Gasteiger partial charge in [-0.25, -0.2) is 0 Å². The molecule has 0 bridgehead atoms. The summed E-state index contributed by atoms with van der Waals surface area (Å²) in [5.74, 6) is -0.0250. The lowest BCUT2D eigenvalue weighted by Gasteiger charge is -2.17. The first-order chi connectivity index (χ1) is 8.66. The Labute approximate surface area is 106 Å². The zero-order valence-electron chi connectivity index (χ0n) is 10.5. The Morgan fingerprint density at radius 3 is 2.61 bits per heavy atom. The molecule has 4 heteroatoms. The molecule has 0 saturated heterocycles. The number of carbonyl (C=O) groups excluding carboxylic acids is 1. The van der Waals surface area contributed by atoms with Gasteiger partial charge in [0.15, 0.2) is 0 Å². The van der Waals surface area contributed by atoms with Gasteiger partial charge in [-0.05, 0) is 36.2 Å². The predicted molar refractivity (Wildman–Crippen MR) is 69.0 cm³/mol. The summed E-state index contributed by atoms with van der Waals surface area (Å²) in [6.45, 7) is 2.49. The molecule has 0 radical (unpaired) electrons. The number of hydrogen-bond acceptors (Lipinski definition) is 3. The molecule has 0 fully saturated rings. The zero-order chi connectivity index (χ0) is 13.0. The summed E-state index contributed by atoms with van der Waals surface area (Å²) in [6, 6.07) is 5.65. The third kappa shape index (κ3) is 2.91. The molecule has 0 saturated carbocycles. The third-order valence-corrected chi connectivity index (χ3v) is 2.64. The van der Waals surface area contributed by atoms with Crippen LogP contribution in [0.4, 0.5) is 0 Å². The van der Waals surface area contributed by atoms with Crippen molar-refractivity contribution in [3.05, 3.63) is 59.7 Å². The minimum Gasteiger partial charge on any atom is -0.337 e. The van der Waals surface area contributed by atoms with Crippen LogP contribution < -0.4 is 0 Å². The summed E-state index contributed by atoms with van der Waals surface area (Å²) in [4.78, 5) is 21.8. The summed E-state index contributed by atoms with van der Waals surface area (Å²) < 4.78 is 0. The van der Waals surface area contributed by atoms with Crippen molar-refractivity contribution in [1.29, 1.82) is 0 Å². The Morgan fingerprint density at radius 2 is 1.94 bits per heavy atom. The predicted octanol–water partition coefficient (Wildman–Crippen LogP) is 2.06. The molecule has 2 heterocycles. The Kier molecular flexibility index (Phi) is 3.67. The maximum absolute atomic E-state index is 12.2. The van der Waals surface area contributed by atoms with Gasteiger partial charge >= 0.3 is 0 Å². The molecule has 1 amide bonds. The fourth-order valence-corrected chi connectivity index (χ4v) is 1.73. The summed E-state index contributed by atoms with van der Waals surface area (Å²) in [6.07, 6.45) is 6.78. The fourth-order valence-electron chi connectivity index (χ4n) is 1.73. The van der Waals surface area contributed by atoms with Crippen molar-refractivity contribution in [3.8, 4) is 0 Å². The van der Waals surface area contributed by atoms with Gasteiger partial charge in [0.25, 0.3) is 5.91 Å². The smallest absolute Gasteiger partial charge is 0.255 e. The second-order valence-corrected chi connectivity index (χ2v) is 4.27. The van der Waals surface area contributed by atoms with Crippen LogP contribution in [0.15, 0.2) is 43.0 Å². The molecule has 0 aliphatic rings. The van der Waals surface area contributed by atoms with E-state index in [2.05, 4.69) is 9.97 Å². The van der Waals surface area contributed by atoms with Gasteiger partial charge in [0.1, 0.15) is 0 Å². The van der Waals surface area contributed by atoms with Crippen molar-refractivity contribution in [3.63, 3.8) is 0 Å². The van der Waals surface area contributed by atoms with Gasteiger partial charge in [0.05, 0.1) is 5.56 Å². The lowest BCUT2D eigenvalue weighted by molar-refractivity contribution is 0.0784. The van der Waals surface area contributed by atoms with Crippen LogP contribution in [0.3, 0.4) is 0 Å². The van der Waals surface area contributed by atoms with E-state index in [0.717, 1.165) is 11.1 Å². The third-order valence-electron chi connectivity index (χ3n) is 2.64. The molecule has 18 heavy (non-hydrogen) atoms. The van der Waals surface area contributed by atoms with E-state index in [9.17, 15) is 4.79 Å². The van der Waals surface area contributed by atoms with Crippen LogP contribution in [-0.2, 0) is 6.54 Å². The average molecular weight is 241 g/mol. The van der Waals surface area contributed by atoms with Crippen molar-refractivity contribution in [2.75, 3.05) is 7.05 Å². The zero-order valence-corrected chi connectivity index (χ0v) is 10.5. The summed E-state index contributed by atoms with van der Waals surface area (Å²) >= 11 is 0. The summed E-state index contributed by atoms with van der Waals surface area (Å²) in [5.41, 5.74) is 2.66. The molecule has 2 aromatic heterocycles. The Balaban J connectivity index is 2.10. The molecule has 2 rings (SSSR count). The van der Waals surface area contributed by atoms with Gasteiger partial charge in [-0.2, -0.15) is 0 Å². The average Bonchev–Trinajstić information content (AvgIpc) is 2.39. The Bertz CT molecular complexity index is 540. The van der Waals surface area contributed by atoms with E-state index in [1.165, 1.54) is 0 Å². The number of pyridine rings is 2. The van der Waals surface area contributed by atoms with Crippen molar-refractivity contribution < 1.29 is 4.79 Å². The number of carbonyl (C=O) groups is 1. The lowest BCUT2D eigenvalue weighted by Crippen LogP contribution is -2.26. The highest BCUT2D eigenvalue weighted by molar-refractivity contribution is 5.93. The molecular formula is C14H15N3O. The first kappa shape index (κ1) is 12.2. The minimum absolute atomic E-state index is 0.0250. The van der Waals surface area contributed by atoms with E-state index in [1.807, 2.05) is 25.1 Å². The lowest BCUT2D eigenvalue weighted by atomic mass is 10.2. The van der Waals surface area contributed by atoms with Crippen LogP contribution in [0.5, 0.6) is 0 Å². The van der Waals surface area contributed by atoms with Crippen molar-refractivity contribution in [2.45, 2.75) is 13.5 Å². The summed E-state index contributed by atoms with van der Waals surface area (Å²) in [5, 5.41) is 0. The molecular weight excluding hydrogens is 226 g/mol. The van der Waals surface area contributed by atoms with Gasteiger partial charge in [-0.1, -0.05) is 0 Å². The van der Waals surface area contributed by atoms with E-state index in [-0.39, 0.29) is 5.91 Å². The number of amides is 1. The highest BCUT2D eigenvalue weighted by Crippen LogP contribution is 2.08. The fraction of sp³-hybridized carbons (Fsp3) is 0.214. The Morgan fingerprint density at radius 1 is 1.22 bits per heavy atom. The van der Waals surface area contributed by atoms with Crippen LogP contribution in [0.1, 0.15) is 21.5 Å². The molecule has 0 unspecified atom stereocenters. The summed E-state index contributed by atoms with van der Waals surface area (Å²) in [7, 11) is 1.78. The van der Waals surface area contributed by atoms with E-state index in [4.69, 9.17) is 0 Å². The second-order valence-electron chi connectivity index (χ2n) is 4.27. The standard InChI is InChI=1S/C14H15N3O/c1-11-7-13(9-16-8-11)14(18)17(2)10-12-3-5-15-6-4-12/h3-9H,10H2,1-2H3. The molecule has 0 atom stereocenters. The number of aryl methyl sites for hydroxylation is 1. The second kappa shape index (κ2) is 5.40. The number of aromatic nitrogens is 2. The molecule has 0 aliphatic carbocycles. The van der Waals surface area contributed by atoms with Gasteiger partial charge in [-0.15, -0.1) is 0 Å². The maximum atomic E-state index is 12.2. The molecule has 92 valence electrons. The molecule has 4 nitrogen and oxygen atoms in total. The Hall–Kier alpha value is -2.23. The first-order valence-electron chi connectivity index (χ1n) is 5.73. The van der Waals surface area contributed by atoms with Gasteiger partial charge in [-0.3, -0.25) is 14.8 Å². The first-order valence-corrected chi connectivity index (χ1v) is 5.73. The van der Waals surface area contributed by atoms with Gasteiger partial charge < -0.3 is 4.90 Å². The molecule has 2 aromatic rings. The van der Waals surface area contributed by atoms with Crippen LogP contribution in [-0.4, -0.2) is 27.8 Å². The topological polar surface area (TPSA) is 46.1 Å². The van der Waals surface area contributed by atoms with E-state index < -0.39 is 0 Å².